The molecule has 0 spiro atoms. The van der Waals surface area contributed by atoms with Crippen LogP contribution in [0.25, 0.3) is 16.9 Å². The molecule has 0 unspecified atom stereocenters. The van der Waals surface area contributed by atoms with Gasteiger partial charge in [0, 0.05) is 31.7 Å². The van der Waals surface area contributed by atoms with Gasteiger partial charge in [-0.3, -0.25) is 4.79 Å². The predicted molar refractivity (Wildman–Crippen MR) is 139 cm³/mol. The molecular formula is C29H29FN4O2. The molecule has 184 valence electrons. The normalized spacial score (nSPS) is 13.6. The van der Waals surface area contributed by atoms with Gasteiger partial charge in [0.1, 0.15) is 17.3 Å². The van der Waals surface area contributed by atoms with E-state index in [1.54, 1.807) is 22.9 Å². The summed E-state index contributed by atoms with van der Waals surface area (Å²) in [6.07, 6.45) is 0. The molecule has 1 aliphatic heterocycles. The SMILES string of the molecule is CCOc1ccccc1N1CCN(C(=O)c2cc(-c3ccc(F)cc3)nn2-c2ccc(C)cc2)CC1. The Morgan fingerprint density at radius 3 is 2.33 bits per heavy atom. The molecule has 0 radical (unpaired) electrons. The molecule has 0 N–H and O–H groups in total. The fourth-order valence-corrected chi connectivity index (χ4v) is 4.49. The van der Waals surface area contributed by atoms with Gasteiger partial charge in [0.15, 0.2) is 0 Å². The van der Waals surface area contributed by atoms with Crippen LogP contribution in [0, 0.1) is 12.7 Å². The maximum atomic E-state index is 13.7. The second-order valence-electron chi connectivity index (χ2n) is 8.85. The quantitative estimate of drug-likeness (QED) is 0.370. The minimum atomic E-state index is -0.309. The summed E-state index contributed by atoms with van der Waals surface area (Å²) in [5, 5.41) is 4.74. The average molecular weight is 485 g/mol. The van der Waals surface area contributed by atoms with E-state index in [4.69, 9.17) is 9.84 Å². The highest BCUT2D eigenvalue weighted by Crippen LogP contribution is 2.29. The summed E-state index contributed by atoms with van der Waals surface area (Å²) in [4.78, 5) is 17.9. The Hall–Kier alpha value is -4.13. The Labute approximate surface area is 210 Å². The third kappa shape index (κ3) is 4.82. The van der Waals surface area contributed by atoms with E-state index in [2.05, 4.69) is 11.0 Å². The summed E-state index contributed by atoms with van der Waals surface area (Å²) in [5.74, 6) is 0.479. The Morgan fingerprint density at radius 2 is 1.64 bits per heavy atom. The molecule has 6 nitrogen and oxygen atoms in total. The summed E-state index contributed by atoms with van der Waals surface area (Å²) >= 11 is 0. The van der Waals surface area contributed by atoms with Crippen LogP contribution in [0.5, 0.6) is 5.75 Å². The molecule has 0 saturated carbocycles. The number of nitrogens with zero attached hydrogens (tertiary/aromatic N) is 4. The molecule has 0 atom stereocenters. The van der Waals surface area contributed by atoms with E-state index >= 15 is 0 Å². The van der Waals surface area contributed by atoms with Gasteiger partial charge in [0.25, 0.3) is 5.91 Å². The molecule has 1 aromatic heterocycles. The van der Waals surface area contributed by atoms with Gasteiger partial charge in [-0.15, -0.1) is 0 Å². The van der Waals surface area contributed by atoms with Crippen LogP contribution >= 0.6 is 0 Å². The molecule has 5 rings (SSSR count). The fraction of sp³-hybridized carbons (Fsp3) is 0.241. The van der Waals surface area contributed by atoms with Crippen LogP contribution in [-0.4, -0.2) is 53.4 Å². The highest BCUT2D eigenvalue weighted by molar-refractivity contribution is 5.94. The summed E-state index contributed by atoms with van der Waals surface area (Å²) in [6.45, 7) is 7.19. The zero-order chi connectivity index (χ0) is 25.1. The monoisotopic (exact) mass is 484 g/mol. The third-order valence-electron chi connectivity index (χ3n) is 6.42. The third-order valence-corrected chi connectivity index (χ3v) is 6.42. The number of aromatic nitrogens is 2. The van der Waals surface area contributed by atoms with Crippen molar-refractivity contribution in [2.45, 2.75) is 13.8 Å². The van der Waals surface area contributed by atoms with Crippen molar-refractivity contribution in [2.75, 3.05) is 37.7 Å². The number of rotatable bonds is 6. The van der Waals surface area contributed by atoms with E-state index in [0.717, 1.165) is 28.3 Å². The Bertz CT molecular complexity index is 1340. The molecule has 36 heavy (non-hydrogen) atoms. The Kier molecular flexibility index (Phi) is 6.71. The smallest absolute Gasteiger partial charge is 0.272 e. The van der Waals surface area contributed by atoms with Crippen LogP contribution in [0.4, 0.5) is 10.1 Å². The van der Waals surface area contributed by atoms with E-state index in [0.29, 0.717) is 44.2 Å². The Morgan fingerprint density at radius 1 is 0.944 bits per heavy atom. The van der Waals surface area contributed by atoms with Crippen molar-refractivity contribution < 1.29 is 13.9 Å². The number of aryl methyl sites for hydroxylation is 1. The van der Waals surface area contributed by atoms with Gasteiger partial charge in [-0.1, -0.05) is 29.8 Å². The first-order chi connectivity index (χ1) is 17.5. The number of benzene rings is 3. The van der Waals surface area contributed by atoms with Crippen molar-refractivity contribution in [2.24, 2.45) is 0 Å². The first-order valence-corrected chi connectivity index (χ1v) is 12.2. The van der Waals surface area contributed by atoms with Crippen molar-refractivity contribution in [3.63, 3.8) is 0 Å². The largest absolute Gasteiger partial charge is 0.492 e. The van der Waals surface area contributed by atoms with Crippen molar-refractivity contribution in [3.8, 4) is 22.7 Å². The van der Waals surface area contributed by atoms with E-state index in [9.17, 15) is 9.18 Å². The predicted octanol–water partition coefficient (Wildman–Crippen LogP) is 5.35. The summed E-state index contributed by atoms with van der Waals surface area (Å²) in [6, 6.07) is 23.9. The van der Waals surface area contributed by atoms with Gasteiger partial charge in [-0.05, 0) is 68.4 Å². The summed E-state index contributed by atoms with van der Waals surface area (Å²) in [5.41, 5.74) is 4.86. The van der Waals surface area contributed by atoms with Crippen molar-refractivity contribution in [1.82, 2.24) is 14.7 Å². The fourth-order valence-electron chi connectivity index (χ4n) is 4.49. The minimum absolute atomic E-state index is 0.0748. The molecule has 2 heterocycles. The van der Waals surface area contributed by atoms with Gasteiger partial charge in [0.05, 0.1) is 23.7 Å². The Balaban J connectivity index is 1.41. The number of piperazine rings is 1. The van der Waals surface area contributed by atoms with E-state index in [1.807, 2.05) is 61.2 Å². The first-order valence-electron chi connectivity index (χ1n) is 12.2. The lowest BCUT2D eigenvalue weighted by molar-refractivity contribution is 0.0737. The number of carbonyl (C=O) groups is 1. The molecule has 4 aromatic rings. The highest BCUT2D eigenvalue weighted by Gasteiger charge is 2.27. The first kappa shape index (κ1) is 23.6. The number of carbonyl (C=O) groups excluding carboxylic acids is 1. The molecular weight excluding hydrogens is 455 g/mol. The lowest BCUT2D eigenvalue weighted by Gasteiger charge is -2.36. The molecule has 1 aliphatic rings. The lowest BCUT2D eigenvalue weighted by Crippen LogP contribution is -2.49. The van der Waals surface area contributed by atoms with Crippen molar-refractivity contribution in [1.29, 1.82) is 0 Å². The number of para-hydroxylation sites is 2. The molecule has 0 bridgehead atoms. The average Bonchev–Trinajstić information content (AvgIpc) is 3.35. The molecule has 1 amide bonds. The van der Waals surface area contributed by atoms with Gasteiger partial charge in [-0.25, -0.2) is 9.07 Å². The van der Waals surface area contributed by atoms with Gasteiger partial charge < -0.3 is 14.5 Å². The van der Waals surface area contributed by atoms with Gasteiger partial charge in [0.2, 0.25) is 0 Å². The number of halogens is 1. The summed E-state index contributed by atoms with van der Waals surface area (Å²) in [7, 11) is 0. The van der Waals surface area contributed by atoms with Crippen LogP contribution in [0.15, 0.2) is 78.9 Å². The van der Waals surface area contributed by atoms with E-state index in [-0.39, 0.29) is 11.7 Å². The summed E-state index contributed by atoms with van der Waals surface area (Å²) < 4.78 is 21.0. The molecule has 7 heteroatoms. The number of amides is 1. The minimum Gasteiger partial charge on any atom is -0.492 e. The number of hydrogen-bond donors (Lipinski definition) is 0. The van der Waals surface area contributed by atoms with Crippen LogP contribution in [-0.2, 0) is 0 Å². The van der Waals surface area contributed by atoms with E-state index in [1.165, 1.54) is 12.1 Å². The van der Waals surface area contributed by atoms with Gasteiger partial charge in [-0.2, -0.15) is 5.10 Å². The van der Waals surface area contributed by atoms with E-state index < -0.39 is 0 Å². The number of anilines is 1. The van der Waals surface area contributed by atoms with Crippen molar-refractivity contribution >= 4 is 11.6 Å². The molecule has 0 aliphatic carbocycles. The zero-order valence-electron chi connectivity index (χ0n) is 20.5. The number of hydrogen-bond acceptors (Lipinski definition) is 4. The maximum Gasteiger partial charge on any atom is 0.272 e. The molecule has 1 saturated heterocycles. The lowest BCUT2D eigenvalue weighted by atomic mass is 10.1. The van der Waals surface area contributed by atoms with Gasteiger partial charge >= 0.3 is 0 Å². The van der Waals surface area contributed by atoms with Crippen LogP contribution in [0.3, 0.4) is 0 Å². The van der Waals surface area contributed by atoms with Crippen molar-refractivity contribution in [3.05, 3.63) is 95.9 Å². The highest BCUT2D eigenvalue weighted by atomic mass is 19.1. The van der Waals surface area contributed by atoms with Crippen LogP contribution in [0.2, 0.25) is 0 Å². The molecule has 1 fully saturated rings. The van der Waals surface area contributed by atoms with Crippen LogP contribution in [0.1, 0.15) is 23.0 Å². The second kappa shape index (κ2) is 10.2. The maximum absolute atomic E-state index is 13.7. The molecule has 3 aromatic carbocycles. The second-order valence-corrected chi connectivity index (χ2v) is 8.85. The zero-order valence-corrected chi connectivity index (χ0v) is 20.5. The van der Waals surface area contributed by atoms with Crippen LogP contribution < -0.4 is 9.64 Å². The standard InChI is InChI=1S/C29H29FN4O2/c1-3-36-28-7-5-4-6-26(28)32-16-18-33(19-17-32)29(35)27-20-25(22-10-12-23(30)13-11-22)31-34(27)24-14-8-21(2)9-15-24/h4-15,20H,3,16-19H2,1-2H3. The topological polar surface area (TPSA) is 50.6 Å². The number of ether oxygens (including phenoxy) is 1.